The van der Waals surface area contributed by atoms with E-state index in [4.69, 9.17) is 5.73 Å². The van der Waals surface area contributed by atoms with Crippen LogP contribution in [0.1, 0.15) is 17.4 Å². The molecule has 2 aromatic heterocycles. The molecule has 0 saturated carbocycles. The maximum Gasteiger partial charge on any atom is 0.279 e. The Morgan fingerprint density at radius 3 is 2.89 bits per heavy atom. The first-order valence-electron chi connectivity index (χ1n) is 5.30. The van der Waals surface area contributed by atoms with Gasteiger partial charge in [0.1, 0.15) is 0 Å². The Balaban J connectivity index is 2.18. The number of carbonyl (C=O) groups is 1. The number of nitrogens with zero attached hydrogens (tertiary/aromatic N) is 3. The number of aryl methyl sites for hydroxylation is 1. The van der Waals surface area contributed by atoms with Gasteiger partial charge in [-0.3, -0.25) is 14.3 Å². The molecule has 1 amide bonds. The minimum atomic E-state index is -0.473. The summed E-state index contributed by atoms with van der Waals surface area (Å²) in [6.45, 7) is 2.51. The number of nitrogens with two attached hydrogens (primary N) is 1. The van der Waals surface area contributed by atoms with E-state index >= 15 is 0 Å². The summed E-state index contributed by atoms with van der Waals surface area (Å²) in [6.07, 6.45) is 1.58. The zero-order valence-corrected chi connectivity index (χ0v) is 9.67. The summed E-state index contributed by atoms with van der Waals surface area (Å²) in [5, 5.41) is 12.4. The molecule has 0 spiro atoms. The Kier molecular flexibility index (Phi) is 3.09. The van der Waals surface area contributed by atoms with Gasteiger partial charge in [0.2, 0.25) is 0 Å². The molecule has 0 unspecified atom stereocenters. The summed E-state index contributed by atoms with van der Waals surface area (Å²) >= 11 is 0. The summed E-state index contributed by atoms with van der Waals surface area (Å²) in [5.74, 6) is -0.246. The van der Waals surface area contributed by atoms with Crippen molar-refractivity contribution >= 4 is 17.4 Å². The van der Waals surface area contributed by atoms with E-state index in [2.05, 4.69) is 20.6 Å². The molecule has 18 heavy (non-hydrogen) atoms. The van der Waals surface area contributed by atoms with Crippen molar-refractivity contribution in [1.29, 1.82) is 0 Å². The molecule has 0 bridgehead atoms. The molecule has 0 aliphatic carbocycles. The van der Waals surface area contributed by atoms with Crippen LogP contribution in [0.5, 0.6) is 0 Å². The summed E-state index contributed by atoms with van der Waals surface area (Å²) in [6, 6.07) is 2.65. The lowest BCUT2D eigenvalue weighted by Crippen LogP contribution is -2.17. The summed E-state index contributed by atoms with van der Waals surface area (Å²) in [5.41, 5.74) is 5.75. The van der Waals surface area contributed by atoms with Gasteiger partial charge in [-0.15, -0.1) is 0 Å². The first-order chi connectivity index (χ1) is 8.60. The van der Waals surface area contributed by atoms with Crippen LogP contribution >= 0.6 is 0 Å². The normalized spacial score (nSPS) is 10.3. The van der Waals surface area contributed by atoms with Gasteiger partial charge >= 0.3 is 0 Å². The highest BCUT2D eigenvalue weighted by molar-refractivity contribution is 6.05. The van der Waals surface area contributed by atoms with Gasteiger partial charge in [-0.25, -0.2) is 5.10 Å². The Morgan fingerprint density at radius 2 is 2.33 bits per heavy atom. The van der Waals surface area contributed by atoms with Crippen molar-refractivity contribution < 1.29 is 4.79 Å². The van der Waals surface area contributed by atoms with Crippen LogP contribution in [0.25, 0.3) is 0 Å². The minimum absolute atomic E-state index is 0.129. The quantitative estimate of drug-likeness (QED) is 0.696. The highest BCUT2D eigenvalue weighted by Crippen LogP contribution is 2.10. The van der Waals surface area contributed by atoms with E-state index in [1.807, 2.05) is 6.92 Å². The van der Waals surface area contributed by atoms with Crippen LogP contribution in [0.3, 0.4) is 0 Å². The maximum absolute atomic E-state index is 11.9. The van der Waals surface area contributed by atoms with Gasteiger partial charge in [0.05, 0.1) is 5.69 Å². The Labute approximate surface area is 102 Å². The van der Waals surface area contributed by atoms with E-state index in [-0.39, 0.29) is 17.1 Å². The molecule has 94 valence electrons. The van der Waals surface area contributed by atoms with Gasteiger partial charge in [0, 0.05) is 18.8 Å². The lowest BCUT2D eigenvalue weighted by molar-refractivity contribution is 0.102. The van der Waals surface area contributed by atoms with Gasteiger partial charge in [-0.05, 0) is 13.0 Å². The fraction of sp³-hybridized carbons (Fsp3) is 0.200. The number of aromatic nitrogens is 4. The van der Waals surface area contributed by atoms with Gasteiger partial charge in [0.25, 0.3) is 11.5 Å². The molecule has 0 aliphatic heterocycles. The molecule has 4 N–H and O–H groups in total. The minimum Gasteiger partial charge on any atom is -0.396 e. The molecule has 2 rings (SSSR count). The number of rotatable bonds is 3. The van der Waals surface area contributed by atoms with Gasteiger partial charge in [-0.1, -0.05) is 0 Å². The van der Waals surface area contributed by atoms with Gasteiger partial charge < -0.3 is 11.1 Å². The second-order valence-corrected chi connectivity index (χ2v) is 3.55. The van der Waals surface area contributed by atoms with E-state index in [0.717, 1.165) is 0 Å². The number of nitrogen functional groups attached to an aromatic ring is 1. The molecular formula is C10H12N6O2. The molecule has 8 heteroatoms. The van der Waals surface area contributed by atoms with E-state index < -0.39 is 5.91 Å². The van der Waals surface area contributed by atoms with Crippen LogP contribution in [0.4, 0.5) is 11.5 Å². The van der Waals surface area contributed by atoms with Crippen LogP contribution in [0.2, 0.25) is 0 Å². The highest BCUT2D eigenvalue weighted by atomic mass is 16.2. The van der Waals surface area contributed by atoms with Gasteiger partial charge in [-0.2, -0.15) is 10.2 Å². The number of amides is 1. The smallest absolute Gasteiger partial charge is 0.279 e. The van der Waals surface area contributed by atoms with Crippen LogP contribution < -0.4 is 16.6 Å². The van der Waals surface area contributed by atoms with Crippen molar-refractivity contribution in [3.63, 3.8) is 0 Å². The average molecular weight is 248 g/mol. The molecule has 2 heterocycles. The Morgan fingerprint density at radius 1 is 1.56 bits per heavy atom. The summed E-state index contributed by atoms with van der Waals surface area (Å²) in [4.78, 5) is 22.7. The van der Waals surface area contributed by atoms with E-state index in [1.165, 1.54) is 12.1 Å². The monoisotopic (exact) mass is 248 g/mol. The number of nitrogens with one attached hydrogen (secondary N) is 2. The fourth-order valence-corrected chi connectivity index (χ4v) is 1.36. The van der Waals surface area contributed by atoms with Crippen molar-refractivity contribution in [3.05, 3.63) is 34.4 Å². The number of hydrogen-bond acceptors (Lipinski definition) is 5. The zero-order chi connectivity index (χ0) is 13.1. The predicted molar refractivity (Wildman–Crippen MR) is 65.1 cm³/mol. The van der Waals surface area contributed by atoms with Crippen molar-refractivity contribution in [2.24, 2.45) is 0 Å². The molecule has 0 saturated heterocycles. The first kappa shape index (κ1) is 11.8. The first-order valence-corrected chi connectivity index (χ1v) is 5.30. The Bertz CT molecular complexity index is 609. The second-order valence-electron chi connectivity index (χ2n) is 3.55. The predicted octanol–water partition coefficient (Wildman–Crippen LogP) is -0.179. The SMILES string of the molecule is CCn1cc(N)c(C(=O)Nc2ccc(=O)[nH]n2)n1. The molecule has 0 aromatic carbocycles. The molecular weight excluding hydrogens is 236 g/mol. The third-order valence-corrected chi connectivity index (χ3v) is 2.25. The molecule has 0 radical (unpaired) electrons. The van der Waals surface area contributed by atoms with E-state index in [9.17, 15) is 9.59 Å². The maximum atomic E-state index is 11.9. The fourth-order valence-electron chi connectivity index (χ4n) is 1.36. The number of carbonyl (C=O) groups excluding carboxylic acids is 1. The van der Waals surface area contributed by atoms with Crippen molar-refractivity contribution in [1.82, 2.24) is 20.0 Å². The lowest BCUT2D eigenvalue weighted by Gasteiger charge is -2.01. The Hall–Kier alpha value is -2.64. The van der Waals surface area contributed by atoms with Crippen molar-refractivity contribution in [3.8, 4) is 0 Å². The highest BCUT2D eigenvalue weighted by Gasteiger charge is 2.15. The van der Waals surface area contributed by atoms with Crippen molar-refractivity contribution in [2.75, 3.05) is 11.1 Å². The van der Waals surface area contributed by atoms with Crippen LogP contribution in [0, 0.1) is 0 Å². The second kappa shape index (κ2) is 4.70. The summed E-state index contributed by atoms with van der Waals surface area (Å²) in [7, 11) is 0. The topological polar surface area (TPSA) is 119 Å². The lowest BCUT2D eigenvalue weighted by atomic mass is 10.3. The molecule has 8 nitrogen and oxygen atoms in total. The number of H-pyrrole nitrogens is 1. The van der Waals surface area contributed by atoms with Crippen LogP contribution in [-0.2, 0) is 6.54 Å². The number of anilines is 2. The van der Waals surface area contributed by atoms with E-state index in [0.29, 0.717) is 12.2 Å². The molecule has 2 aromatic rings. The number of hydrogen-bond donors (Lipinski definition) is 3. The van der Waals surface area contributed by atoms with Crippen LogP contribution in [-0.4, -0.2) is 25.9 Å². The third-order valence-electron chi connectivity index (χ3n) is 2.25. The molecule has 0 fully saturated rings. The summed E-state index contributed by atoms with van der Waals surface area (Å²) < 4.78 is 1.56. The largest absolute Gasteiger partial charge is 0.396 e. The van der Waals surface area contributed by atoms with Crippen molar-refractivity contribution in [2.45, 2.75) is 13.5 Å². The average Bonchev–Trinajstić information content (AvgIpc) is 2.73. The number of aromatic amines is 1. The third kappa shape index (κ3) is 2.37. The standard InChI is InChI=1S/C10H12N6O2/c1-2-16-5-6(11)9(15-16)10(18)12-7-3-4-8(17)14-13-7/h3-5H,2,11H2,1H3,(H,14,17)(H,12,13,18). The molecule has 0 atom stereocenters. The molecule has 0 aliphatic rings. The van der Waals surface area contributed by atoms with Crippen LogP contribution in [0.15, 0.2) is 23.1 Å². The zero-order valence-electron chi connectivity index (χ0n) is 9.67. The van der Waals surface area contributed by atoms with E-state index in [1.54, 1.807) is 10.9 Å². The van der Waals surface area contributed by atoms with Gasteiger partial charge in [0.15, 0.2) is 11.5 Å².